The van der Waals surface area contributed by atoms with E-state index in [-0.39, 0.29) is 12.8 Å². The van der Waals surface area contributed by atoms with Crippen molar-refractivity contribution in [3.8, 4) is 0 Å². The molecule has 0 aliphatic rings. The van der Waals surface area contributed by atoms with E-state index in [1.54, 1.807) is 30.3 Å². The Morgan fingerprint density at radius 2 is 1.56 bits per heavy atom. The fourth-order valence-electron chi connectivity index (χ4n) is 3.08. The van der Waals surface area contributed by atoms with E-state index in [1.807, 2.05) is 0 Å². The molecule has 0 aliphatic heterocycles. The highest BCUT2D eigenvalue weighted by molar-refractivity contribution is 5.95. The summed E-state index contributed by atoms with van der Waals surface area (Å²) in [5, 5.41) is 27.0. The summed E-state index contributed by atoms with van der Waals surface area (Å²) in [7, 11) is 0. The monoisotopic (exact) mass is 479 g/mol. The van der Waals surface area contributed by atoms with Crippen LogP contribution in [0, 0.1) is 0 Å². The molecule has 11 nitrogen and oxygen atoms in total. The topological polar surface area (TPSA) is 197 Å². The quantitative estimate of drug-likeness (QED) is 0.165. The maximum Gasteiger partial charge on any atom is 0.326 e. The van der Waals surface area contributed by atoms with E-state index < -0.39 is 53.5 Å². The smallest absolute Gasteiger partial charge is 0.326 e. The van der Waals surface area contributed by atoms with E-state index in [1.165, 1.54) is 20.8 Å². The van der Waals surface area contributed by atoms with Gasteiger partial charge in [0.05, 0.1) is 11.6 Å². The normalized spacial score (nSPS) is 14.9. The Labute approximate surface area is 199 Å². The number of nitrogens with one attached hydrogen (secondary N) is 3. The van der Waals surface area contributed by atoms with Gasteiger partial charge in [-0.15, -0.1) is 0 Å². The second-order valence-electron chi connectivity index (χ2n) is 8.85. The van der Waals surface area contributed by atoms with Crippen molar-refractivity contribution in [2.24, 2.45) is 11.5 Å². The van der Waals surface area contributed by atoms with Gasteiger partial charge in [0.2, 0.25) is 17.7 Å². The zero-order chi connectivity index (χ0) is 25.9. The predicted molar refractivity (Wildman–Crippen MR) is 126 cm³/mol. The molecule has 1 aromatic carbocycles. The van der Waals surface area contributed by atoms with E-state index in [0.29, 0.717) is 19.4 Å². The van der Waals surface area contributed by atoms with Gasteiger partial charge in [0.25, 0.3) is 0 Å². The molecule has 0 radical (unpaired) electrons. The first-order valence-corrected chi connectivity index (χ1v) is 11.2. The van der Waals surface area contributed by atoms with Gasteiger partial charge in [0.15, 0.2) is 0 Å². The summed E-state index contributed by atoms with van der Waals surface area (Å²) in [4.78, 5) is 49.8. The standard InChI is InChI=1S/C23H37N5O6/c1-14(29)18(28-22(34)23(2,3)25)20(31)27-17(13-15-9-5-4-6-10-15)19(30)26-16(21(32)33)11-7-8-12-24/h4-6,9-10,14,16-18,29H,7-8,11-13,24-25H2,1-3H3,(H,26,30)(H,27,31)(H,28,34)(H,32,33)/t14-,16-,17-,18-/m0/s1. The van der Waals surface area contributed by atoms with Crippen LogP contribution in [0.4, 0.5) is 0 Å². The van der Waals surface area contributed by atoms with Crippen LogP contribution in [0.25, 0.3) is 0 Å². The number of nitrogens with two attached hydrogens (primary N) is 2. The maximum absolute atomic E-state index is 13.0. The Kier molecular flexibility index (Phi) is 11.6. The Bertz CT molecular complexity index is 825. The fourth-order valence-corrected chi connectivity index (χ4v) is 3.08. The SMILES string of the molecule is C[C@H](O)[C@H](NC(=O)C(C)(C)N)C(=O)N[C@@H](Cc1ccccc1)C(=O)N[C@@H](CCCCN)C(=O)O. The molecule has 0 spiro atoms. The molecule has 9 N–H and O–H groups in total. The molecule has 0 bridgehead atoms. The lowest BCUT2D eigenvalue weighted by atomic mass is 10.0. The Morgan fingerprint density at radius 3 is 2.06 bits per heavy atom. The number of hydrogen-bond acceptors (Lipinski definition) is 7. The van der Waals surface area contributed by atoms with Crippen molar-refractivity contribution in [1.82, 2.24) is 16.0 Å². The third-order valence-electron chi connectivity index (χ3n) is 5.11. The average molecular weight is 480 g/mol. The minimum absolute atomic E-state index is 0.0659. The number of aliphatic hydroxyl groups is 1. The molecule has 1 aromatic rings. The summed E-state index contributed by atoms with van der Waals surface area (Å²) in [6.07, 6.45) is 0.0826. The summed E-state index contributed by atoms with van der Waals surface area (Å²) in [6, 6.07) is 5.15. The van der Waals surface area contributed by atoms with Crippen molar-refractivity contribution >= 4 is 23.7 Å². The number of rotatable bonds is 14. The Balaban J connectivity index is 3.08. The predicted octanol–water partition coefficient (Wildman–Crippen LogP) is -0.985. The van der Waals surface area contributed by atoms with Crippen molar-refractivity contribution in [2.75, 3.05) is 6.54 Å². The summed E-state index contributed by atoms with van der Waals surface area (Å²) in [6.45, 7) is 4.61. The average Bonchev–Trinajstić information content (AvgIpc) is 2.75. The highest BCUT2D eigenvalue weighted by Gasteiger charge is 2.34. The van der Waals surface area contributed by atoms with Gasteiger partial charge in [0, 0.05) is 6.42 Å². The molecular weight excluding hydrogens is 442 g/mol. The van der Waals surface area contributed by atoms with Crippen molar-refractivity contribution in [3.63, 3.8) is 0 Å². The van der Waals surface area contributed by atoms with Gasteiger partial charge in [-0.3, -0.25) is 14.4 Å². The van der Waals surface area contributed by atoms with Crippen LogP contribution in [-0.4, -0.2) is 70.2 Å². The lowest BCUT2D eigenvalue weighted by Crippen LogP contribution is -2.61. The molecule has 0 saturated heterocycles. The van der Waals surface area contributed by atoms with E-state index in [4.69, 9.17) is 11.5 Å². The van der Waals surface area contributed by atoms with Crippen LogP contribution >= 0.6 is 0 Å². The first kappa shape index (κ1) is 29.0. The van der Waals surface area contributed by atoms with Crippen LogP contribution < -0.4 is 27.4 Å². The minimum atomic E-state index is -1.37. The number of carboxylic acid groups (broad SMARTS) is 1. The Hall–Kier alpha value is -3.02. The molecule has 0 fully saturated rings. The highest BCUT2D eigenvalue weighted by Crippen LogP contribution is 2.08. The first-order chi connectivity index (χ1) is 15.9. The van der Waals surface area contributed by atoms with Crippen LogP contribution in [0.3, 0.4) is 0 Å². The van der Waals surface area contributed by atoms with Gasteiger partial charge in [-0.2, -0.15) is 0 Å². The maximum atomic E-state index is 13.0. The third kappa shape index (κ3) is 9.86. The number of hydrogen-bond donors (Lipinski definition) is 7. The number of aliphatic hydroxyl groups excluding tert-OH is 1. The zero-order valence-electron chi connectivity index (χ0n) is 19.9. The fraction of sp³-hybridized carbons (Fsp3) is 0.565. The molecule has 0 unspecified atom stereocenters. The molecule has 0 aliphatic carbocycles. The highest BCUT2D eigenvalue weighted by atomic mass is 16.4. The van der Waals surface area contributed by atoms with Gasteiger partial charge in [-0.1, -0.05) is 30.3 Å². The summed E-state index contributed by atoms with van der Waals surface area (Å²) < 4.78 is 0. The summed E-state index contributed by atoms with van der Waals surface area (Å²) in [5.41, 5.74) is 10.6. The number of aliphatic carboxylic acids is 1. The minimum Gasteiger partial charge on any atom is -0.480 e. The first-order valence-electron chi connectivity index (χ1n) is 11.2. The van der Waals surface area contributed by atoms with Crippen LogP contribution in [0.1, 0.15) is 45.6 Å². The van der Waals surface area contributed by atoms with Crippen molar-refractivity contribution < 1.29 is 29.4 Å². The van der Waals surface area contributed by atoms with E-state index in [2.05, 4.69) is 16.0 Å². The van der Waals surface area contributed by atoms with Gasteiger partial charge in [0.1, 0.15) is 18.1 Å². The van der Waals surface area contributed by atoms with Crippen molar-refractivity contribution in [2.45, 2.75) is 76.2 Å². The van der Waals surface area contributed by atoms with E-state index in [0.717, 1.165) is 5.56 Å². The van der Waals surface area contributed by atoms with Gasteiger partial charge < -0.3 is 37.6 Å². The third-order valence-corrected chi connectivity index (χ3v) is 5.11. The molecule has 3 amide bonds. The van der Waals surface area contributed by atoms with E-state index in [9.17, 15) is 29.4 Å². The number of carbonyl (C=O) groups is 4. The number of carbonyl (C=O) groups excluding carboxylic acids is 3. The lowest BCUT2D eigenvalue weighted by molar-refractivity contribution is -0.142. The second kappa shape index (κ2) is 13.6. The van der Waals surface area contributed by atoms with Crippen LogP contribution in [0.2, 0.25) is 0 Å². The zero-order valence-corrected chi connectivity index (χ0v) is 19.9. The molecular formula is C23H37N5O6. The molecule has 34 heavy (non-hydrogen) atoms. The van der Waals surface area contributed by atoms with Gasteiger partial charge >= 0.3 is 5.97 Å². The van der Waals surface area contributed by atoms with Gasteiger partial charge in [-0.25, -0.2) is 4.79 Å². The molecule has 190 valence electrons. The molecule has 4 atom stereocenters. The van der Waals surface area contributed by atoms with Crippen LogP contribution in [0.5, 0.6) is 0 Å². The van der Waals surface area contributed by atoms with Crippen molar-refractivity contribution in [1.29, 1.82) is 0 Å². The largest absolute Gasteiger partial charge is 0.480 e. The number of carboxylic acids is 1. The van der Waals surface area contributed by atoms with E-state index >= 15 is 0 Å². The van der Waals surface area contributed by atoms with Crippen molar-refractivity contribution in [3.05, 3.63) is 35.9 Å². The summed E-state index contributed by atoms with van der Waals surface area (Å²) in [5.74, 6) is -3.37. The van der Waals surface area contributed by atoms with Crippen LogP contribution in [-0.2, 0) is 25.6 Å². The molecule has 11 heteroatoms. The number of unbranched alkanes of at least 4 members (excludes halogenated alkanes) is 1. The molecule has 0 aromatic heterocycles. The molecule has 1 rings (SSSR count). The summed E-state index contributed by atoms with van der Waals surface area (Å²) >= 11 is 0. The molecule has 0 saturated carbocycles. The van der Waals surface area contributed by atoms with Crippen LogP contribution in [0.15, 0.2) is 30.3 Å². The molecule has 0 heterocycles. The second-order valence-corrected chi connectivity index (χ2v) is 8.85. The lowest BCUT2D eigenvalue weighted by Gasteiger charge is -2.28. The number of benzene rings is 1. The van der Waals surface area contributed by atoms with Gasteiger partial charge in [-0.05, 0) is 52.1 Å². The number of amides is 3. The Morgan fingerprint density at radius 1 is 0.971 bits per heavy atom.